The van der Waals surface area contributed by atoms with Crippen LogP contribution in [0.1, 0.15) is 52.4 Å². The molecule has 2 heterocycles. The van der Waals surface area contributed by atoms with Gasteiger partial charge in [0.1, 0.15) is 0 Å². The molecular formula is C18H30N4O. The molecule has 1 fully saturated rings. The number of carbonyl (C=O) groups is 1. The van der Waals surface area contributed by atoms with Gasteiger partial charge in [-0.15, -0.1) is 0 Å². The van der Waals surface area contributed by atoms with Crippen molar-refractivity contribution in [1.29, 1.82) is 0 Å². The Morgan fingerprint density at radius 2 is 1.83 bits per heavy atom. The molecule has 0 unspecified atom stereocenters. The number of carbonyl (C=O) groups excluding carboxylic acids is 1. The Bertz CT molecular complexity index is 451. The molecule has 5 heteroatoms. The largest absolute Gasteiger partial charge is 0.356 e. The van der Waals surface area contributed by atoms with Crippen molar-refractivity contribution in [3.05, 3.63) is 18.5 Å². The number of piperidine rings is 1. The number of aromatic nitrogens is 2. The molecule has 1 amide bonds. The first kappa shape index (κ1) is 17.7. The van der Waals surface area contributed by atoms with Gasteiger partial charge in [-0.25, -0.2) is 9.97 Å². The van der Waals surface area contributed by atoms with E-state index < -0.39 is 0 Å². The summed E-state index contributed by atoms with van der Waals surface area (Å²) in [5.74, 6) is 1.84. The fraction of sp³-hybridized carbons (Fsp3) is 0.722. The molecule has 0 bridgehead atoms. The topological polar surface area (TPSA) is 58.1 Å². The van der Waals surface area contributed by atoms with E-state index in [1.54, 1.807) is 12.4 Å². The Balaban J connectivity index is 1.73. The van der Waals surface area contributed by atoms with Crippen molar-refractivity contribution in [2.45, 2.75) is 52.4 Å². The van der Waals surface area contributed by atoms with Crippen LogP contribution in [0.5, 0.6) is 0 Å². The smallest absolute Gasteiger partial charge is 0.225 e. The Morgan fingerprint density at radius 1 is 1.22 bits per heavy atom. The fourth-order valence-electron chi connectivity index (χ4n) is 3.28. The first-order valence-electron chi connectivity index (χ1n) is 9.04. The van der Waals surface area contributed by atoms with Gasteiger partial charge in [-0.05, 0) is 37.7 Å². The number of nitrogens with zero attached hydrogens (tertiary/aromatic N) is 3. The first-order valence-corrected chi connectivity index (χ1v) is 9.04. The van der Waals surface area contributed by atoms with E-state index in [1.165, 1.54) is 0 Å². The molecule has 1 aliphatic heterocycles. The standard InChI is InChI=1S/C18H30N4O/c1-3-6-16(7-4-2)17(23)21-14-15-8-12-22(13-9-15)18-19-10-5-11-20-18/h5,10-11,15-16H,3-4,6-9,12-14H2,1-2H3,(H,21,23). The second-order valence-electron chi connectivity index (χ2n) is 6.50. The Kier molecular flexibility index (Phi) is 7.30. The van der Waals surface area contributed by atoms with Gasteiger partial charge >= 0.3 is 0 Å². The van der Waals surface area contributed by atoms with E-state index in [0.29, 0.717) is 5.92 Å². The number of hydrogen-bond donors (Lipinski definition) is 1. The third-order valence-electron chi connectivity index (χ3n) is 4.66. The maximum atomic E-state index is 12.3. The molecule has 23 heavy (non-hydrogen) atoms. The van der Waals surface area contributed by atoms with Crippen LogP contribution in [-0.4, -0.2) is 35.5 Å². The monoisotopic (exact) mass is 318 g/mol. The normalized spacial score (nSPS) is 15.9. The summed E-state index contributed by atoms with van der Waals surface area (Å²) in [7, 11) is 0. The molecule has 5 nitrogen and oxygen atoms in total. The van der Waals surface area contributed by atoms with E-state index in [9.17, 15) is 4.79 Å². The van der Waals surface area contributed by atoms with E-state index in [-0.39, 0.29) is 11.8 Å². The lowest BCUT2D eigenvalue weighted by atomic mass is 9.95. The van der Waals surface area contributed by atoms with Gasteiger partial charge < -0.3 is 10.2 Å². The maximum absolute atomic E-state index is 12.3. The summed E-state index contributed by atoms with van der Waals surface area (Å²) in [5.41, 5.74) is 0. The van der Waals surface area contributed by atoms with Gasteiger partial charge in [0.05, 0.1) is 0 Å². The van der Waals surface area contributed by atoms with Gasteiger partial charge in [0.2, 0.25) is 11.9 Å². The lowest BCUT2D eigenvalue weighted by molar-refractivity contribution is -0.125. The van der Waals surface area contributed by atoms with Crippen LogP contribution in [0.4, 0.5) is 5.95 Å². The van der Waals surface area contributed by atoms with Crippen LogP contribution in [0.2, 0.25) is 0 Å². The van der Waals surface area contributed by atoms with Crippen LogP contribution in [-0.2, 0) is 4.79 Å². The summed E-state index contributed by atoms with van der Waals surface area (Å²) < 4.78 is 0. The molecule has 1 aliphatic rings. The minimum atomic E-state index is 0.197. The van der Waals surface area contributed by atoms with Gasteiger partial charge in [0.25, 0.3) is 0 Å². The molecule has 1 aromatic heterocycles. The summed E-state index contributed by atoms with van der Waals surface area (Å²) in [6.45, 7) is 7.05. The quantitative estimate of drug-likeness (QED) is 0.800. The number of nitrogens with one attached hydrogen (secondary N) is 1. The van der Waals surface area contributed by atoms with Crippen molar-refractivity contribution in [3.8, 4) is 0 Å². The average Bonchev–Trinajstić information content (AvgIpc) is 2.61. The highest BCUT2D eigenvalue weighted by Crippen LogP contribution is 2.20. The van der Waals surface area contributed by atoms with Crippen molar-refractivity contribution >= 4 is 11.9 Å². The predicted molar refractivity (Wildman–Crippen MR) is 93.3 cm³/mol. The van der Waals surface area contributed by atoms with E-state index in [1.807, 2.05) is 6.07 Å². The van der Waals surface area contributed by atoms with Crippen LogP contribution >= 0.6 is 0 Å². The van der Waals surface area contributed by atoms with E-state index in [4.69, 9.17) is 0 Å². The zero-order valence-electron chi connectivity index (χ0n) is 14.5. The van der Waals surface area contributed by atoms with Crippen molar-refractivity contribution in [1.82, 2.24) is 15.3 Å². The zero-order valence-corrected chi connectivity index (χ0v) is 14.5. The van der Waals surface area contributed by atoms with Gasteiger partial charge in [-0.3, -0.25) is 4.79 Å². The fourth-order valence-corrected chi connectivity index (χ4v) is 3.28. The van der Waals surface area contributed by atoms with Crippen LogP contribution in [0.25, 0.3) is 0 Å². The van der Waals surface area contributed by atoms with Gasteiger partial charge in [-0.2, -0.15) is 0 Å². The number of anilines is 1. The molecule has 1 N–H and O–H groups in total. The highest BCUT2D eigenvalue weighted by Gasteiger charge is 2.22. The van der Waals surface area contributed by atoms with Crippen LogP contribution < -0.4 is 10.2 Å². The SMILES string of the molecule is CCCC(CCC)C(=O)NCC1CCN(c2ncccn2)CC1. The van der Waals surface area contributed by atoms with E-state index in [0.717, 1.165) is 64.1 Å². The Hall–Kier alpha value is -1.65. The van der Waals surface area contributed by atoms with Crippen LogP contribution in [0.3, 0.4) is 0 Å². The predicted octanol–water partition coefficient (Wildman–Crippen LogP) is 3.03. The molecule has 2 rings (SSSR count). The third kappa shape index (κ3) is 5.48. The molecule has 0 aliphatic carbocycles. The zero-order chi connectivity index (χ0) is 16.5. The highest BCUT2D eigenvalue weighted by molar-refractivity contribution is 5.78. The van der Waals surface area contributed by atoms with Crippen LogP contribution in [0.15, 0.2) is 18.5 Å². The lowest BCUT2D eigenvalue weighted by Crippen LogP contribution is -2.40. The second kappa shape index (κ2) is 9.48. The van der Waals surface area contributed by atoms with Crippen molar-refractivity contribution < 1.29 is 4.79 Å². The first-order chi connectivity index (χ1) is 11.2. The van der Waals surface area contributed by atoms with E-state index in [2.05, 4.69) is 34.0 Å². The Morgan fingerprint density at radius 3 is 2.39 bits per heavy atom. The summed E-state index contributed by atoms with van der Waals surface area (Å²) in [4.78, 5) is 23.2. The maximum Gasteiger partial charge on any atom is 0.225 e. The molecule has 0 atom stereocenters. The summed E-state index contributed by atoms with van der Waals surface area (Å²) in [6.07, 6.45) is 9.91. The summed E-state index contributed by atoms with van der Waals surface area (Å²) >= 11 is 0. The second-order valence-corrected chi connectivity index (χ2v) is 6.50. The number of amides is 1. The molecule has 0 radical (unpaired) electrons. The van der Waals surface area contributed by atoms with Crippen molar-refractivity contribution in [2.24, 2.45) is 11.8 Å². The summed E-state index contributed by atoms with van der Waals surface area (Å²) in [5, 5.41) is 3.19. The minimum Gasteiger partial charge on any atom is -0.356 e. The molecule has 0 spiro atoms. The van der Waals surface area contributed by atoms with Crippen molar-refractivity contribution in [2.75, 3.05) is 24.5 Å². The Labute approximate surface area is 139 Å². The lowest BCUT2D eigenvalue weighted by Gasteiger charge is -2.32. The summed E-state index contributed by atoms with van der Waals surface area (Å²) in [6, 6.07) is 1.84. The van der Waals surface area contributed by atoms with Crippen LogP contribution in [0, 0.1) is 11.8 Å². The van der Waals surface area contributed by atoms with E-state index >= 15 is 0 Å². The third-order valence-corrected chi connectivity index (χ3v) is 4.66. The molecule has 1 aromatic rings. The van der Waals surface area contributed by atoms with Gasteiger partial charge in [0, 0.05) is 37.9 Å². The molecular weight excluding hydrogens is 288 g/mol. The highest BCUT2D eigenvalue weighted by atomic mass is 16.1. The van der Waals surface area contributed by atoms with Crippen molar-refractivity contribution in [3.63, 3.8) is 0 Å². The molecule has 0 aromatic carbocycles. The molecule has 128 valence electrons. The minimum absolute atomic E-state index is 0.197. The molecule has 0 saturated carbocycles. The average molecular weight is 318 g/mol. The van der Waals surface area contributed by atoms with Gasteiger partial charge in [-0.1, -0.05) is 26.7 Å². The van der Waals surface area contributed by atoms with Gasteiger partial charge in [0.15, 0.2) is 0 Å². The number of hydrogen-bond acceptors (Lipinski definition) is 4. The number of rotatable bonds is 8. The molecule has 1 saturated heterocycles.